The fourth-order valence-electron chi connectivity index (χ4n) is 3.49. The normalized spacial score (nSPS) is 11.0. The molecule has 0 bridgehead atoms. The van der Waals surface area contributed by atoms with Crippen molar-refractivity contribution in [2.45, 2.75) is 23.9 Å². The van der Waals surface area contributed by atoms with E-state index in [0.29, 0.717) is 18.0 Å². The topological polar surface area (TPSA) is 83.9 Å². The molecule has 2 aromatic carbocycles. The fraction of sp³-hybridized carbons (Fsp3) is 0.250. The van der Waals surface area contributed by atoms with E-state index in [9.17, 15) is 9.59 Å². The summed E-state index contributed by atoms with van der Waals surface area (Å²) < 4.78 is 9.94. The van der Waals surface area contributed by atoms with Crippen LogP contribution in [0, 0.1) is 0 Å². The lowest BCUT2D eigenvalue weighted by molar-refractivity contribution is 0.415. The van der Waals surface area contributed by atoms with Gasteiger partial charge in [-0.1, -0.05) is 42.1 Å². The maximum Gasteiger partial charge on any atom is 0.330 e. The Bertz CT molecular complexity index is 1360. The highest BCUT2D eigenvalue weighted by Crippen LogP contribution is 2.27. The van der Waals surface area contributed by atoms with Gasteiger partial charge in [-0.15, -0.1) is 10.2 Å². The van der Waals surface area contributed by atoms with Gasteiger partial charge in [0, 0.05) is 43.7 Å². The molecule has 0 amide bonds. The molecule has 2 aromatic heterocycles. The molecular formula is C24H25N5O3S. The first-order chi connectivity index (χ1) is 16.0. The van der Waals surface area contributed by atoms with E-state index < -0.39 is 0 Å². The van der Waals surface area contributed by atoms with Gasteiger partial charge in [-0.3, -0.25) is 13.9 Å². The molecule has 0 unspecified atom stereocenters. The summed E-state index contributed by atoms with van der Waals surface area (Å²) in [5, 5.41) is 9.61. The third-order valence-corrected chi connectivity index (χ3v) is 6.51. The molecule has 4 rings (SSSR count). The van der Waals surface area contributed by atoms with E-state index in [1.54, 1.807) is 14.2 Å². The Morgan fingerprint density at radius 3 is 2.36 bits per heavy atom. The van der Waals surface area contributed by atoms with Gasteiger partial charge >= 0.3 is 5.69 Å². The van der Waals surface area contributed by atoms with Crippen LogP contribution < -0.4 is 16.0 Å². The summed E-state index contributed by atoms with van der Waals surface area (Å²) in [5.74, 6) is 1.96. The molecule has 2 heterocycles. The van der Waals surface area contributed by atoms with Crippen LogP contribution in [0.25, 0.3) is 11.4 Å². The van der Waals surface area contributed by atoms with Gasteiger partial charge in [-0.25, -0.2) is 4.79 Å². The average Bonchev–Trinajstić information content (AvgIpc) is 3.26. The standard InChI is InChI=1S/C24H25N5O3S/c1-27-19(15-21(30)28(2)24(27)31)16-33-23-26-25-22(18-9-11-20(32-3)12-10-18)29(23)14-13-17-7-5-4-6-8-17/h4-12,15H,13-14,16H2,1-3H3. The van der Waals surface area contributed by atoms with Crippen LogP contribution in [-0.4, -0.2) is 31.0 Å². The Hall–Kier alpha value is -3.59. The number of hydrogen-bond acceptors (Lipinski definition) is 6. The van der Waals surface area contributed by atoms with Gasteiger partial charge in [0.15, 0.2) is 11.0 Å². The molecule has 0 atom stereocenters. The van der Waals surface area contributed by atoms with Crippen LogP contribution in [0.15, 0.2) is 75.4 Å². The minimum atomic E-state index is -0.345. The number of rotatable bonds is 8. The van der Waals surface area contributed by atoms with Crippen molar-refractivity contribution in [3.05, 3.63) is 92.8 Å². The van der Waals surface area contributed by atoms with Gasteiger partial charge < -0.3 is 9.30 Å². The van der Waals surface area contributed by atoms with E-state index in [4.69, 9.17) is 4.74 Å². The smallest absolute Gasteiger partial charge is 0.330 e. The molecule has 0 aliphatic carbocycles. The number of aromatic nitrogens is 5. The summed E-state index contributed by atoms with van der Waals surface area (Å²) in [7, 11) is 4.78. The molecule has 8 nitrogen and oxygen atoms in total. The van der Waals surface area contributed by atoms with Crippen LogP contribution in [-0.2, 0) is 32.8 Å². The zero-order valence-corrected chi connectivity index (χ0v) is 19.6. The lowest BCUT2D eigenvalue weighted by Gasteiger charge is -2.12. The third-order valence-electron chi connectivity index (χ3n) is 5.51. The van der Waals surface area contributed by atoms with Crippen LogP contribution in [0.3, 0.4) is 0 Å². The number of benzene rings is 2. The number of hydrogen-bond donors (Lipinski definition) is 0. The van der Waals surface area contributed by atoms with Crippen molar-refractivity contribution in [2.24, 2.45) is 14.1 Å². The molecule has 33 heavy (non-hydrogen) atoms. The van der Waals surface area contributed by atoms with Crippen molar-refractivity contribution in [3.8, 4) is 17.1 Å². The average molecular weight is 464 g/mol. The van der Waals surface area contributed by atoms with E-state index >= 15 is 0 Å². The van der Waals surface area contributed by atoms with E-state index in [1.165, 1.54) is 35.0 Å². The van der Waals surface area contributed by atoms with Gasteiger partial charge in [0.1, 0.15) is 5.75 Å². The second kappa shape index (κ2) is 9.91. The summed E-state index contributed by atoms with van der Waals surface area (Å²) in [6, 6.07) is 19.4. The second-order valence-corrected chi connectivity index (χ2v) is 8.53. The van der Waals surface area contributed by atoms with E-state index in [0.717, 1.165) is 33.3 Å². The molecule has 0 saturated heterocycles. The summed E-state index contributed by atoms with van der Waals surface area (Å²) in [6.45, 7) is 0.691. The highest BCUT2D eigenvalue weighted by Gasteiger charge is 2.16. The zero-order valence-electron chi connectivity index (χ0n) is 18.8. The summed E-state index contributed by atoms with van der Waals surface area (Å²) >= 11 is 1.45. The van der Waals surface area contributed by atoms with Crippen LogP contribution in [0.5, 0.6) is 5.75 Å². The van der Waals surface area contributed by atoms with E-state index in [-0.39, 0.29) is 11.2 Å². The van der Waals surface area contributed by atoms with Crippen molar-refractivity contribution >= 4 is 11.8 Å². The van der Waals surface area contributed by atoms with Crippen molar-refractivity contribution < 1.29 is 4.74 Å². The van der Waals surface area contributed by atoms with Crippen molar-refractivity contribution in [2.75, 3.05) is 7.11 Å². The summed E-state index contributed by atoms with van der Waals surface area (Å²) in [6.07, 6.45) is 0.819. The molecular weight excluding hydrogens is 438 g/mol. The first-order valence-corrected chi connectivity index (χ1v) is 11.5. The largest absolute Gasteiger partial charge is 0.497 e. The predicted molar refractivity (Wildman–Crippen MR) is 129 cm³/mol. The van der Waals surface area contributed by atoms with E-state index in [1.807, 2.05) is 42.5 Å². The van der Waals surface area contributed by atoms with Crippen molar-refractivity contribution in [1.29, 1.82) is 0 Å². The molecule has 9 heteroatoms. The van der Waals surface area contributed by atoms with Crippen LogP contribution in [0.2, 0.25) is 0 Å². The second-order valence-electron chi connectivity index (χ2n) is 7.59. The first kappa shape index (κ1) is 22.6. The predicted octanol–water partition coefficient (Wildman–Crippen LogP) is 2.89. The third kappa shape index (κ3) is 4.93. The molecule has 0 radical (unpaired) electrons. The molecule has 0 aliphatic heterocycles. The van der Waals surface area contributed by atoms with Gasteiger partial charge in [-0.05, 0) is 36.2 Å². The minimum absolute atomic E-state index is 0.321. The van der Waals surface area contributed by atoms with Crippen LogP contribution in [0.1, 0.15) is 11.3 Å². The lowest BCUT2D eigenvalue weighted by Crippen LogP contribution is -2.37. The Kier molecular flexibility index (Phi) is 6.79. The van der Waals surface area contributed by atoms with E-state index in [2.05, 4.69) is 26.9 Å². The number of ether oxygens (including phenoxy) is 1. The number of aryl methyl sites for hydroxylation is 1. The van der Waals surface area contributed by atoms with Crippen LogP contribution in [0.4, 0.5) is 0 Å². The first-order valence-electron chi connectivity index (χ1n) is 10.5. The maximum absolute atomic E-state index is 12.3. The summed E-state index contributed by atoms with van der Waals surface area (Å²) in [4.78, 5) is 24.4. The molecule has 0 spiro atoms. The van der Waals surface area contributed by atoms with Crippen LogP contribution >= 0.6 is 11.8 Å². The Balaban J connectivity index is 1.64. The number of thioether (sulfide) groups is 1. The molecule has 170 valence electrons. The molecule has 4 aromatic rings. The molecule has 0 N–H and O–H groups in total. The Morgan fingerprint density at radius 1 is 0.939 bits per heavy atom. The Labute approximate surface area is 195 Å². The summed E-state index contributed by atoms with van der Waals surface area (Å²) in [5.41, 5.74) is 2.12. The number of nitrogens with zero attached hydrogens (tertiary/aromatic N) is 5. The molecule has 0 aliphatic rings. The highest BCUT2D eigenvalue weighted by atomic mass is 32.2. The van der Waals surface area contributed by atoms with Gasteiger partial charge in [0.05, 0.1) is 7.11 Å². The van der Waals surface area contributed by atoms with Gasteiger partial charge in [0.2, 0.25) is 0 Å². The lowest BCUT2D eigenvalue weighted by atomic mass is 10.1. The SMILES string of the molecule is COc1ccc(-c2nnc(SCc3cc(=O)n(C)c(=O)n3C)n2CCc2ccccc2)cc1. The highest BCUT2D eigenvalue weighted by molar-refractivity contribution is 7.98. The Morgan fingerprint density at radius 2 is 1.67 bits per heavy atom. The quantitative estimate of drug-likeness (QED) is 0.374. The van der Waals surface area contributed by atoms with Gasteiger partial charge in [-0.2, -0.15) is 0 Å². The maximum atomic E-state index is 12.3. The number of methoxy groups -OCH3 is 1. The molecule has 0 saturated carbocycles. The van der Waals surface area contributed by atoms with Gasteiger partial charge in [0.25, 0.3) is 5.56 Å². The molecule has 0 fully saturated rings. The monoisotopic (exact) mass is 463 g/mol. The fourth-order valence-corrected chi connectivity index (χ4v) is 4.48. The zero-order chi connectivity index (χ0) is 23.4. The van der Waals surface area contributed by atoms with Crippen molar-refractivity contribution in [1.82, 2.24) is 23.9 Å². The minimum Gasteiger partial charge on any atom is -0.497 e. The van der Waals surface area contributed by atoms with Crippen molar-refractivity contribution in [3.63, 3.8) is 0 Å².